The van der Waals surface area contributed by atoms with Gasteiger partial charge in [0.2, 0.25) is 0 Å². The highest BCUT2D eigenvalue weighted by Gasteiger charge is 2.24. The van der Waals surface area contributed by atoms with Gasteiger partial charge in [-0.2, -0.15) is 10.5 Å². The van der Waals surface area contributed by atoms with Crippen LogP contribution in [0, 0.1) is 22.7 Å². The molecule has 7 heteroatoms. The third-order valence-electron chi connectivity index (χ3n) is 2.74. The molecular weight excluding hydrogens is 311 g/mol. The molecule has 2 aromatic rings. The van der Waals surface area contributed by atoms with E-state index in [1.54, 1.807) is 12.1 Å². The van der Waals surface area contributed by atoms with Crippen LogP contribution in [0.4, 0.5) is 5.82 Å². The number of rotatable bonds is 2. The summed E-state index contributed by atoms with van der Waals surface area (Å²) in [5.41, 5.74) is 5.35. The molecule has 0 saturated heterocycles. The van der Waals surface area contributed by atoms with E-state index < -0.39 is 5.78 Å². The van der Waals surface area contributed by atoms with Crippen molar-refractivity contribution in [2.75, 3.05) is 5.73 Å². The Bertz CT molecular complexity index is 779. The third kappa shape index (κ3) is 2.66. The summed E-state index contributed by atoms with van der Waals surface area (Å²) in [7, 11) is 0. The summed E-state index contributed by atoms with van der Waals surface area (Å²) >= 11 is 11.6. The van der Waals surface area contributed by atoms with Gasteiger partial charge in [-0.3, -0.25) is 4.79 Å². The topological polar surface area (TPSA) is 104 Å². The number of hydrogen-bond acceptors (Lipinski definition) is 5. The highest BCUT2D eigenvalue weighted by atomic mass is 35.5. The Kier molecular flexibility index (Phi) is 4.09. The molecule has 2 rings (SSSR count). The number of nitrogen functional groups attached to an aromatic ring is 1. The van der Waals surface area contributed by atoms with E-state index in [1.807, 2.05) is 0 Å². The van der Waals surface area contributed by atoms with Crippen molar-refractivity contribution in [2.24, 2.45) is 0 Å². The first-order chi connectivity index (χ1) is 9.99. The Morgan fingerprint density at radius 2 is 1.67 bits per heavy atom. The molecule has 0 bridgehead atoms. The van der Waals surface area contributed by atoms with Crippen molar-refractivity contribution in [3.8, 4) is 12.1 Å². The number of nitrogens with zero attached hydrogens (tertiary/aromatic N) is 3. The molecule has 0 unspecified atom stereocenters. The van der Waals surface area contributed by atoms with Gasteiger partial charge >= 0.3 is 0 Å². The van der Waals surface area contributed by atoms with Gasteiger partial charge in [0.15, 0.2) is 5.78 Å². The highest BCUT2D eigenvalue weighted by molar-refractivity contribution is 6.32. The van der Waals surface area contributed by atoms with Crippen molar-refractivity contribution in [1.82, 2.24) is 4.98 Å². The maximum Gasteiger partial charge on any atom is 0.195 e. The lowest BCUT2D eigenvalue weighted by Gasteiger charge is -2.09. The van der Waals surface area contributed by atoms with E-state index in [-0.39, 0.29) is 33.2 Å². The monoisotopic (exact) mass is 316 g/mol. The first-order valence-electron chi connectivity index (χ1n) is 5.59. The minimum absolute atomic E-state index is 0.153. The fourth-order valence-corrected chi connectivity index (χ4v) is 2.12. The molecular formula is C14H6Cl2N4O. The molecule has 0 saturated carbocycles. The zero-order chi connectivity index (χ0) is 15.6. The lowest BCUT2D eigenvalue weighted by Crippen LogP contribution is -2.11. The largest absolute Gasteiger partial charge is 0.383 e. The molecule has 1 heterocycles. The number of carbonyl (C=O) groups excluding carboxylic acids is 1. The fraction of sp³-hybridized carbons (Fsp3) is 0. The standard InChI is InChI=1S/C14H6Cl2N4O/c15-8-3-1-7(2-4-8)12(21)11-9(5-17)13(16)20-14(19)10(11)6-18/h1-4H,(H2,19,20). The highest BCUT2D eigenvalue weighted by Crippen LogP contribution is 2.27. The van der Waals surface area contributed by atoms with Crippen molar-refractivity contribution in [3.05, 3.63) is 56.7 Å². The second-order valence-electron chi connectivity index (χ2n) is 3.97. The van der Waals surface area contributed by atoms with E-state index in [0.717, 1.165) is 0 Å². The van der Waals surface area contributed by atoms with E-state index in [4.69, 9.17) is 39.5 Å². The summed E-state index contributed by atoms with van der Waals surface area (Å²) in [6.45, 7) is 0. The second kappa shape index (κ2) is 5.80. The first-order valence-corrected chi connectivity index (χ1v) is 6.34. The van der Waals surface area contributed by atoms with Gasteiger partial charge in [-0.15, -0.1) is 0 Å². The van der Waals surface area contributed by atoms with Crippen LogP contribution in [0.15, 0.2) is 24.3 Å². The van der Waals surface area contributed by atoms with E-state index in [2.05, 4.69) is 4.98 Å². The molecule has 1 aromatic carbocycles. The third-order valence-corrected chi connectivity index (χ3v) is 3.26. The molecule has 0 amide bonds. The molecule has 0 aliphatic carbocycles. The summed E-state index contributed by atoms with van der Waals surface area (Å²) in [4.78, 5) is 16.2. The zero-order valence-electron chi connectivity index (χ0n) is 10.4. The Balaban J connectivity index is 2.74. The number of halogens is 2. The van der Waals surface area contributed by atoms with Gasteiger partial charge in [0.05, 0.1) is 5.56 Å². The number of hydrogen-bond donors (Lipinski definition) is 1. The molecule has 0 radical (unpaired) electrons. The van der Waals surface area contributed by atoms with Crippen molar-refractivity contribution >= 4 is 34.8 Å². The molecule has 0 fully saturated rings. The quantitative estimate of drug-likeness (QED) is 0.677. The molecule has 1 aromatic heterocycles. The van der Waals surface area contributed by atoms with E-state index in [1.165, 1.54) is 24.3 Å². The van der Waals surface area contributed by atoms with E-state index >= 15 is 0 Å². The summed E-state index contributed by atoms with van der Waals surface area (Å²) in [6, 6.07) is 9.58. The van der Waals surface area contributed by atoms with Gasteiger partial charge in [0.1, 0.15) is 34.2 Å². The maximum atomic E-state index is 12.5. The van der Waals surface area contributed by atoms with Crippen LogP contribution >= 0.6 is 23.2 Å². The fourth-order valence-electron chi connectivity index (χ4n) is 1.76. The minimum Gasteiger partial charge on any atom is -0.383 e. The molecule has 0 aliphatic rings. The number of nitrogens with two attached hydrogens (primary N) is 1. The minimum atomic E-state index is -0.546. The number of nitriles is 2. The Morgan fingerprint density at radius 3 is 2.19 bits per heavy atom. The molecule has 102 valence electrons. The number of ketones is 1. The molecule has 2 N–H and O–H groups in total. The van der Waals surface area contributed by atoms with Gasteiger partial charge in [0, 0.05) is 10.6 Å². The lowest BCUT2D eigenvalue weighted by atomic mass is 9.96. The number of aromatic nitrogens is 1. The average molecular weight is 317 g/mol. The van der Waals surface area contributed by atoms with Crippen molar-refractivity contribution in [3.63, 3.8) is 0 Å². The van der Waals surface area contributed by atoms with E-state index in [9.17, 15) is 4.79 Å². The number of anilines is 1. The predicted octanol–water partition coefficient (Wildman–Crippen LogP) is 2.94. The summed E-state index contributed by atoms with van der Waals surface area (Å²) < 4.78 is 0. The molecule has 0 atom stereocenters. The summed E-state index contributed by atoms with van der Waals surface area (Å²) in [6.07, 6.45) is 0. The smallest absolute Gasteiger partial charge is 0.195 e. The SMILES string of the molecule is N#Cc1c(N)nc(Cl)c(C#N)c1C(=O)c1ccc(Cl)cc1. The van der Waals surface area contributed by atoms with Gasteiger partial charge < -0.3 is 5.73 Å². The molecule has 21 heavy (non-hydrogen) atoms. The Labute approximate surface area is 130 Å². The zero-order valence-corrected chi connectivity index (χ0v) is 11.9. The van der Waals surface area contributed by atoms with Gasteiger partial charge in [-0.05, 0) is 24.3 Å². The Morgan fingerprint density at radius 1 is 1.10 bits per heavy atom. The maximum absolute atomic E-state index is 12.5. The van der Waals surface area contributed by atoms with Gasteiger partial charge in [-0.1, -0.05) is 23.2 Å². The van der Waals surface area contributed by atoms with Gasteiger partial charge in [-0.25, -0.2) is 4.98 Å². The Hall–Kier alpha value is -2.60. The average Bonchev–Trinajstić information content (AvgIpc) is 2.46. The van der Waals surface area contributed by atoms with Crippen LogP contribution in [0.1, 0.15) is 27.0 Å². The van der Waals surface area contributed by atoms with Crippen LogP contribution in [0.3, 0.4) is 0 Å². The molecule has 5 nitrogen and oxygen atoms in total. The van der Waals surface area contributed by atoms with Crippen LogP contribution in [0.2, 0.25) is 10.2 Å². The lowest BCUT2D eigenvalue weighted by molar-refractivity contribution is 0.103. The number of carbonyl (C=O) groups is 1. The van der Waals surface area contributed by atoms with Crippen LogP contribution in [-0.2, 0) is 0 Å². The van der Waals surface area contributed by atoms with Crippen LogP contribution < -0.4 is 5.73 Å². The number of pyridine rings is 1. The normalized spacial score (nSPS) is 9.71. The summed E-state index contributed by atoms with van der Waals surface area (Å²) in [5, 5.41) is 18.5. The number of benzene rings is 1. The van der Waals surface area contributed by atoms with Gasteiger partial charge in [0.25, 0.3) is 0 Å². The van der Waals surface area contributed by atoms with Crippen LogP contribution in [0.25, 0.3) is 0 Å². The predicted molar refractivity (Wildman–Crippen MR) is 78.0 cm³/mol. The molecule has 0 spiro atoms. The van der Waals surface area contributed by atoms with Crippen LogP contribution in [0.5, 0.6) is 0 Å². The summed E-state index contributed by atoms with van der Waals surface area (Å²) in [5.74, 6) is -0.741. The van der Waals surface area contributed by atoms with Crippen molar-refractivity contribution in [2.45, 2.75) is 0 Å². The second-order valence-corrected chi connectivity index (χ2v) is 4.77. The molecule has 0 aliphatic heterocycles. The van der Waals surface area contributed by atoms with Crippen molar-refractivity contribution < 1.29 is 4.79 Å². The first kappa shape index (κ1) is 14.8. The van der Waals surface area contributed by atoms with Crippen LogP contribution in [-0.4, -0.2) is 10.8 Å². The van der Waals surface area contributed by atoms with E-state index in [0.29, 0.717) is 5.02 Å². The van der Waals surface area contributed by atoms with Crippen molar-refractivity contribution in [1.29, 1.82) is 10.5 Å².